The zero-order valence-electron chi connectivity index (χ0n) is 21.5. The molecule has 5 rings (SSSR count). The van der Waals surface area contributed by atoms with Gasteiger partial charge in [0.15, 0.2) is 0 Å². The van der Waals surface area contributed by atoms with Crippen molar-refractivity contribution in [1.82, 2.24) is 4.90 Å². The third kappa shape index (κ3) is 4.01. The summed E-state index contributed by atoms with van der Waals surface area (Å²) in [4.78, 5) is 41.3. The second-order valence-corrected chi connectivity index (χ2v) is 12.1. The molecule has 1 saturated heterocycles. The number of aliphatic carboxylic acids is 1. The van der Waals surface area contributed by atoms with Gasteiger partial charge in [0.1, 0.15) is 17.6 Å². The molecule has 0 bridgehead atoms. The van der Waals surface area contributed by atoms with E-state index in [0.29, 0.717) is 31.2 Å². The minimum absolute atomic E-state index is 0.0433. The Bertz CT molecular complexity index is 1000. The van der Waals surface area contributed by atoms with Gasteiger partial charge in [0.05, 0.1) is 25.3 Å². The minimum atomic E-state index is -1.62. The quantitative estimate of drug-likeness (QED) is 0.425. The molecule has 198 valence electrons. The summed E-state index contributed by atoms with van der Waals surface area (Å²) in [6.45, 7) is 4.70. The Morgan fingerprint density at radius 1 is 1.22 bits per heavy atom. The summed E-state index contributed by atoms with van der Waals surface area (Å²) < 4.78 is 10.9. The zero-order chi connectivity index (χ0) is 25.7. The number of carbonyl (C=O) groups excluding carboxylic acids is 2. The molecule has 2 heterocycles. The largest absolute Gasteiger partial charge is 0.481 e. The molecule has 8 heteroatoms. The molecule has 5 aliphatic rings. The van der Waals surface area contributed by atoms with E-state index in [2.05, 4.69) is 13.0 Å². The highest BCUT2D eigenvalue weighted by atomic mass is 16.5. The van der Waals surface area contributed by atoms with Crippen molar-refractivity contribution in [1.29, 1.82) is 0 Å². The first-order valence-corrected chi connectivity index (χ1v) is 13.5. The molecular weight excluding hydrogens is 462 g/mol. The van der Waals surface area contributed by atoms with Crippen LogP contribution in [0.4, 0.5) is 0 Å². The maximum Gasteiger partial charge on any atom is 0.335 e. The van der Waals surface area contributed by atoms with E-state index in [-0.39, 0.29) is 55.6 Å². The molecule has 0 aromatic carbocycles. The highest BCUT2D eigenvalue weighted by Crippen LogP contribution is 2.62. The molecule has 0 aromatic rings. The summed E-state index contributed by atoms with van der Waals surface area (Å²) in [5, 5.41) is 20.5. The number of morpholine rings is 1. The molecule has 0 spiro atoms. The summed E-state index contributed by atoms with van der Waals surface area (Å²) in [5.74, 6) is -1.46. The maximum absolute atomic E-state index is 13.7. The molecule has 6 atom stereocenters. The lowest BCUT2D eigenvalue weighted by Crippen LogP contribution is -2.56. The number of fused-ring (bicyclic) bond motifs is 3. The molecule has 8 nitrogen and oxygen atoms in total. The van der Waals surface area contributed by atoms with Crippen LogP contribution in [0.2, 0.25) is 0 Å². The molecule has 3 fully saturated rings. The Labute approximate surface area is 212 Å². The van der Waals surface area contributed by atoms with Gasteiger partial charge < -0.3 is 24.6 Å². The lowest BCUT2D eigenvalue weighted by atomic mass is 9.49. The summed E-state index contributed by atoms with van der Waals surface area (Å²) >= 11 is 0. The molecule has 2 aliphatic heterocycles. The Morgan fingerprint density at radius 2 is 2.03 bits per heavy atom. The number of carboxylic acid groups (broad SMARTS) is 1. The number of nitrogens with zero attached hydrogens (tertiary/aromatic N) is 1. The van der Waals surface area contributed by atoms with Gasteiger partial charge in [-0.15, -0.1) is 0 Å². The molecule has 0 aromatic heterocycles. The third-order valence-electron chi connectivity index (χ3n) is 10.2. The number of aliphatic hydroxyl groups excluding tert-OH is 1. The molecule has 2 N–H and O–H groups in total. The van der Waals surface area contributed by atoms with E-state index in [1.54, 1.807) is 23.5 Å². The van der Waals surface area contributed by atoms with Crippen LogP contribution in [0.5, 0.6) is 0 Å². The topological polar surface area (TPSA) is 113 Å². The summed E-state index contributed by atoms with van der Waals surface area (Å²) in [7, 11) is 0. The van der Waals surface area contributed by atoms with Crippen molar-refractivity contribution in [2.24, 2.45) is 28.6 Å². The summed E-state index contributed by atoms with van der Waals surface area (Å²) in [5.41, 5.74) is -0.651. The van der Waals surface area contributed by atoms with E-state index in [1.807, 2.05) is 0 Å². The number of cyclic esters (lactones) is 1. The number of ether oxygens (including phenoxy) is 2. The predicted molar refractivity (Wildman–Crippen MR) is 131 cm³/mol. The number of rotatable bonds is 6. The van der Waals surface area contributed by atoms with Gasteiger partial charge in [-0.25, -0.2) is 4.79 Å². The third-order valence-corrected chi connectivity index (χ3v) is 10.2. The fourth-order valence-corrected chi connectivity index (χ4v) is 8.05. The van der Waals surface area contributed by atoms with E-state index >= 15 is 0 Å². The van der Waals surface area contributed by atoms with Gasteiger partial charge in [-0.2, -0.15) is 0 Å². The number of hydrogen-bond acceptors (Lipinski definition) is 6. The Kier molecular flexibility index (Phi) is 6.56. The van der Waals surface area contributed by atoms with Crippen LogP contribution in [0.25, 0.3) is 0 Å². The SMILES string of the molecule is CC1(CO)CN(C(=O)CC(C(=O)O)(C2=CCOC2=O)C2CCC3(C)C(CCC4=CCCC43)C2)CCO1. The lowest BCUT2D eigenvalue weighted by molar-refractivity contribution is -0.166. The minimum Gasteiger partial charge on any atom is -0.481 e. The molecule has 1 amide bonds. The van der Waals surface area contributed by atoms with Gasteiger partial charge in [0.2, 0.25) is 5.91 Å². The standard InChI is InChI=1S/C28H39NO7/c1-26(17-30)16-29(11-13-36-26)23(31)15-28(25(33)34,22-9-12-35-24(22)32)20-8-10-27(2)19(14-20)7-6-18-4-3-5-21(18)27/h4,9,19-21,30H,3,5-8,10-17H2,1-2H3,(H,33,34). The van der Waals surface area contributed by atoms with Gasteiger partial charge in [-0.05, 0) is 81.1 Å². The van der Waals surface area contributed by atoms with Gasteiger partial charge in [0, 0.05) is 13.0 Å². The number of hydrogen-bond donors (Lipinski definition) is 2. The van der Waals surface area contributed by atoms with Crippen molar-refractivity contribution in [2.45, 2.75) is 70.8 Å². The zero-order valence-corrected chi connectivity index (χ0v) is 21.5. The highest BCUT2D eigenvalue weighted by molar-refractivity contribution is 6.01. The predicted octanol–water partition coefficient (Wildman–Crippen LogP) is 3.09. The molecule has 2 saturated carbocycles. The smallest absolute Gasteiger partial charge is 0.335 e. The van der Waals surface area contributed by atoms with Crippen molar-refractivity contribution in [2.75, 3.05) is 32.9 Å². The van der Waals surface area contributed by atoms with E-state index in [1.165, 1.54) is 6.42 Å². The first-order valence-electron chi connectivity index (χ1n) is 13.5. The Morgan fingerprint density at radius 3 is 2.72 bits per heavy atom. The number of esters is 1. The number of carbonyl (C=O) groups is 3. The van der Waals surface area contributed by atoms with Crippen LogP contribution in [0, 0.1) is 28.6 Å². The van der Waals surface area contributed by atoms with Crippen LogP contribution in [0.15, 0.2) is 23.3 Å². The van der Waals surface area contributed by atoms with Gasteiger partial charge in [-0.1, -0.05) is 18.6 Å². The van der Waals surface area contributed by atoms with Crippen molar-refractivity contribution >= 4 is 17.8 Å². The van der Waals surface area contributed by atoms with Gasteiger partial charge >= 0.3 is 11.9 Å². The fourth-order valence-electron chi connectivity index (χ4n) is 8.05. The van der Waals surface area contributed by atoms with Gasteiger partial charge in [0.25, 0.3) is 0 Å². The van der Waals surface area contributed by atoms with E-state index in [0.717, 1.165) is 25.7 Å². The molecule has 3 aliphatic carbocycles. The van der Waals surface area contributed by atoms with Crippen molar-refractivity contribution in [3.8, 4) is 0 Å². The second kappa shape index (κ2) is 9.28. The number of aliphatic hydroxyl groups is 1. The number of carboxylic acids is 1. The number of allylic oxidation sites excluding steroid dienone is 2. The van der Waals surface area contributed by atoms with Crippen LogP contribution in [-0.4, -0.2) is 71.5 Å². The average molecular weight is 502 g/mol. The normalized spacial score (nSPS) is 37.8. The summed E-state index contributed by atoms with van der Waals surface area (Å²) in [6.07, 6.45) is 10.4. The van der Waals surface area contributed by atoms with Crippen LogP contribution >= 0.6 is 0 Å². The Hall–Kier alpha value is -2.19. The second-order valence-electron chi connectivity index (χ2n) is 12.1. The van der Waals surface area contributed by atoms with E-state index in [4.69, 9.17) is 9.47 Å². The van der Waals surface area contributed by atoms with Crippen LogP contribution < -0.4 is 0 Å². The monoisotopic (exact) mass is 501 g/mol. The van der Waals surface area contributed by atoms with Crippen molar-refractivity contribution in [3.05, 3.63) is 23.3 Å². The van der Waals surface area contributed by atoms with Crippen molar-refractivity contribution < 1.29 is 34.1 Å². The van der Waals surface area contributed by atoms with Crippen LogP contribution in [0.1, 0.15) is 65.2 Å². The van der Waals surface area contributed by atoms with Crippen molar-refractivity contribution in [3.63, 3.8) is 0 Å². The van der Waals surface area contributed by atoms with Gasteiger partial charge in [-0.3, -0.25) is 9.59 Å². The van der Waals surface area contributed by atoms with Crippen LogP contribution in [0.3, 0.4) is 0 Å². The summed E-state index contributed by atoms with van der Waals surface area (Å²) in [6, 6.07) is 0. The van der Waals surface area contributed by atoms with E-state index < -0.39 is 23.0 Å². The fraction of sp³-hybridized carbons (Fsp3) is 0.750. The first kappa shape index (κ1) is 25.5. The van der Waals surface area contributed by atoms with Crippen LogP contribution in [-0.2, 0) is 23.9 Å². The lowest BCUT2D eigenvalue weighted by Gasteiger charge is -2.55. The highest BCUT2D eigenvalue weighted by Gasteiger charge is 2.59. The average Bonchev–Trinajstić information content (AvgIpc) is 3.52. The molecular formula is C28H39NO7. The Balaban J connectivity index is 1.46. The number of amides is 1. The first-order chi connectivity index (χ1) is 17.1. The molecule has 6 unspecified atom stereocenters. The molecule has 36 heavy (non-hydrogen) atoms. The maximum atomic E-state index is 13.7. The van der Waals surface area contributed by atoms with E-state index in [9.17, 15) is 24.6 Å². The molecule has 0 radical (unpaired) electrons.